The molecule has 1 aliphatic heterocycles. The number of aromatic nitrogens is 2. The van der Waals surface area contributed by atoms with Gasteiger partial charge in [0.2, 0.25) is 10.0 Å². The largest absolute Gasteiger partial charge is 0.351 e. The molecule has 0 unspecified atom stereocenters. The minimum absolute atomic E-state index is 0.0999. The van der Waals surface area contributed by atoms with Crippen LogP contribution in [0.15, 0.2) is 53.4 Å². The molecular weight excluding hydrogens is 450 g/mol. The molecule has 0 aliphatic carbocycles. The number of benzene rings is 2. The van der Waals surface area contributed by atoms with Crippen LogP contribution in [0.2, 0.25) is 0 Å². The zero-order chi connectivity index (χ0) is 23.6. The highest BCUT2D eigenvalue weighted by Crippen LogP contribution is 2.27. The number of amides is 1. The summed E-state index contributed by atoms with van der Waals surface area (Å²) in [6.07, 6.45) is 2.71. The lowest BCUT2D eigenvalue weighted by molar-refractivity contribution is 0.0704. The maximum absolute atomic E-state index is 13.7. The highest BCUT2D eigenvalue weighted by molar-refractivity contribution is 7.89. The lowest BCUT2D eigenvalue weighted by atomic mass is 10.1. The number of fused-ring (bicyclic) bond motifs is 1. The summed E-state index contributed by atoms with van der Waals surface area (Å²) >= 11 is 0. The van der Waals surface area contributed by atoms with Crippen molar-refractivity contribution in [2.45, 2.75) is 43.5 Å². The Morgan fingerprint density at radius 1 is 1.06 bits per heavy atom. The summed E-state index contributed by atoms with van der Waals surface area (Å²) in [6, 6.07) is 12.4. The summed E-state index contributed by atoms with van der Waals surface area (Å²) in [7, 11) is -3.57. The van der Waals surface area contributed by atoms with E-state index in [0.717, 1.165) is 23.8 Å². The SMILES string of the molecule is C[C@H](CNC(=O)c1ccc(S(=O)(=O)N2CCCCC2)cc1)c1nc2ccccc2n1C(F)F. The summed E-state index contributed by atoms with van der Waals surface area (Å²) in [4.78, 5) is 17.1. The molecule has 0 radical (unpaired) electrons. The number of nitrogens with zero attached hydrogens (tertiary/aromatic N) is 3. The zero-order valence-corrected chi connectivity index (χ0v) is 19.1. The number of imidazole rings is 1. The first-order valence-corrected chi connectivity index (χ1v) is 12.4. The molecule has 1 atom stereocenters. The molecule has 4 rings (SSSR count). The Hall–Kier alpha value is -2.85. The second kappa shape index (κ2) is 9.56. The van der Waals surface area contributed by atoms with Gasteiger partial charge in [-0.2, -0.15) is 13.1 Å². The molecule has 0 saturated carbocycles. The van der Waals surface area contributed by atoms with Gasteiger partial charge in [0, 0.05) is 31.1 Å². The Morgan fingerprint density at radius 3 is 2.39 bits per heavy atom. The zero-order valence-electron chi connectivity index (χ0n) is 18.2. The topological polar surface area (TPSA) is 84.3 Å². The van der Waals surface area contributed by atoms with Gasteiger partial charge in [-0.15, -0.1) is 0 Å². The average Bonchev–Trinajstić information content (AvgIpc) is 3.23. The van der Waals surface area contributed by atoms with Crippen molar-refractivity contribution in [3.8, 4) is 0 Å². The molecule has 1 aliphatic rings. The number of carbonyl (C=O) groups is 1. The maximum atomic E-state index is 13.7. The van der Waals surface area contributed by atoms with Gasteiger partial charge in [0.1, 0.15) is 5.82 Å². The van der Waals surface area contributed by atoms with Crippen LogP contribution < -0.4 is 5.32 Å². The van der Waals surface area contributed by atoms with Crippen LogP contribution in [0.1, 0.15) is 54.8 Å². The molecule has 1 fully saturated rings. The molecule has 10 heteroatoms. The fourth-order valence-electron chi connectivity index (χ4n) is 4.09. The van der Waals surface area contributed by atoms with Crippen LogP contribution in [0.5, 0.6) is 0 Å². The van der Waals surface area contributed by atoms with Crippen molar-refractivity contribution in [3.05, 3.63) is 59.9 Å². The molecule has 176 valence electrons. The van der Waals surface area contributed by atoms with Gasteiger partial charge >= 0.3 is 6.55 Å². The van der Waals surface area contributed by atoms with Crippen molar-refractivity contribution in [2.24, 2.45) is 0 Å². The summed E-state index contributed by atoms with van der Waals surface area (Å²) in [5.41, 5.74) is 1.10. The number of sulfonamides is 1. The van der Waals surface area contributed by atoms with Gasteiger partial charge in [-0.1, -0.05) is 25.5 Å². The van der Waals surface area contributed by atoms with Crippen molar-refractivity contribution in [1.29, 1.82) is 0 Å². The number of halogens is 2. The molecule has 1 amide bonds. The number of carbonyl (C=O) groups excluding carboxylic acids is 1. The fourth-order valence-corrected chi connectivity index (χ4v) is 5.60. The molecule has 3 aromatic rings. The number of hydrogen-bond acceptors (Lipinski definition) is 4. The minimum Gasteiger partial charge on any atom is -0.351 e. The van der Waals surface area contributed by atoms with Crippen molar-refractivity contribution in [1.82, 2.24) is 19.2 Å². The van der Waals surface area contributed by atoms with E-state index in [0.29, 0.717) is 29.7 Å². The Balaban J connectivity index is 1.44. The molecule has 2 aromatic carbocycles. The van der Waals surface area contributed by atoms with E-state index in [2.05, 4.69) is 10.3 Å². The van der Waals surface area contributed by atoms with Gasteiger partial charge in [-0.3, -0.25) is 9.36 Å². The highest BCUT2D eigenvalue weighted by atomic mass is 32.2. The quantitative estimate of drug-likeness (QED) is 0.556. The van der Waals surface area contributed by atoms with Gasteiger partial charge in [-0.05, 0) is 49.2 Å². The first-order valence-electron chi connectivity index (χ1n) is 10.9. The van der Waals surface area contributed by atoms with E-state index >= 15 is 0 Å². The second-order valence-corrected chi connectivity index (χ2v) is 10.1. The van der Waals surface area contributed by atoms with E-state index < -0.39 is 28.4 Å². The molecule has 1 aromatic heterocycles. The first kappa shape index (κ1) is 23.3. The van der Waals surface area contributed by atoms with Crippen LogP contribution in [0, 0.1) is 0 Å². The predicted molar refractivity (Wildman–Crippen MR) is 121 cm³/mol. The van der Waals surface area contributed by atoms with E-state index in [1.165, 1.54) is 28.6 Å². The summed E-state index contributed by atoms with van der Waals surface area (Å²) in [6.45, 7) is 0.0784. The van der Waals surface area contributed by atoms with E-state index in [4.69, 9.17) is 0 Å². The molecule has 0 spiro atoms. The van der Waals surface area contributed by atoms with E-state index in [1.807, 2.05) is 0 Å². The van der Waals surface area contributed by atoms with Crippen LogP contribution in [0.4, 0.5) is 8.78 Å². The molecule has 33 heavy (non-hydrogen) atoms. The Kier molecular flexibility index (Phi) is 6.76. The number of nitrogens with one attached hydrogen (secondary N) is 1. The monoisotopic (exact) mass is 476 g/mol. The third kappa shape index (κ3) is 4.77. The third-order valence-electron chi connectivity index (χ3n) is 5.90. The maximum Gasteiger partial charge on any atom is 0.320 e. The van der Waals surface area contributed by atoms with E-state index in [9.17, 15) is 22.0 Å². The number of hydrogen-bond donors (Lipinski definition) is 1. The van der Waals surface area contributed by atoms with Crippen LogP contribution in [-0.4, -0.2) is 47.8 Å². The Morgan fingerprint density at radius 2 is 1.73 bits per heavy atom. The van der Waals surface area contributed by atoms with Crippen molar-refractivity contribution >= 4 is 27.0 Å². The number of para-hydroxylation sites is 2. The van der Waals surface area contributed by atoms with Crippen LogP contribution in [0.25, 0.3) is 11.0 Å². The molecule has 7 nitrogen and oxygen atoms in total. The molecule has 2 heterocycles. The van der Waals surface area contributed by atoms with Crippen LogP contribution >= 0.6 is 0 Å². The Bertz CT molecular complexity index is 1240. The third-order valence-corrected chi connectivity index (χ3v) is 7.81. The van der Waals surface area contributed by atoms with E-state index in [-0.39, 0.29) is 17.3 Å². The summed E-state index contributed by atoms with van der Waals surface area (Å²) in [5.74, 6) is -0.688. The van der Waals surface area contributed by atoms with Crippen molar-refractivity contribution in [3.63, 3.8) is 0 Å². The molecule has 1 N–H and O–H groups in total. The van der Waals surface area contributed by atoms with Gasteiger partial charge in [0.05, 0.1) is 15.9 Å². The van der Waals surface area contributed by atoms with Crippen molar-refractivity contribution < 1.29 is 22.0 Å². The van der Waals surface area contributed by atoms with Crippen LogP contribution in [0.3, 0.4) is 0 Å². The highest BCUT2D eigenvalue weighted by Gasteiger charge is 2.26. The van der Waals surface area contributed by atoms with Crippen LogP contribution in [-0.2, 0) is 10.0 Å². The van der Waals surface area contributed by atoms with Gasteiger partial charge in [0.25, 0.3) is 5.91 Å². The lowest BCUT2D eigenvalue weighted by Crippen LogP contribution is -2.35. The normalized spacial score (nSPS) is 16.2. The Labute approximate surface area is 191 Å². The van der Waals surface area contributed by atoms with Crippen molar-refractivity contribution in [2.75, 3.05) is 19.6 Å². The van der Waals surface area contributed by atoms with Gasteiger partial charge in [0.15, 0.2) is 0 Å². The summed E-state index contributed by atoms with van der Waals surface area (Å²) in [5, 5.41) is 2.73. The standard InChI is InChI=1S/C23H26F2N4O3S/c1-16(21-27-19-7-3-4-8-20(19)29(21)23(24)25)15-26-22(30)17-9-11-18(12-10-17)33(31,32)28-13-5-2-6-14-28/h3-4,7-12,16,23H,2,5-6,13-15H2,1H3,(H,26,30)/t16-/m1/s1. The molecule has 1 saturated heterocycles. The number of rotatable bonds is 7. The molecule has 0 bridgehead atoms. The second-order valence-electron chi connectivity index (χ2n) is 8.21. The molecular formula is C23H26F2N4O3S. The van der Waals surface area contributed by atoms with Gasteiger partial charge < -0.3 is 5.32 Å². The average molecular weight is 477 g/mol. The first-order chi connectivity index (χ1) is 15.8. The smallest absolute Gasteiger partial charge is 0.320 e. The number of piperidine rings is 1. The predicted octanol–water partition coefficient (Wildman–Crippen LogP) is 4.14. The fraction of sp³-hybridized carbons (Fsp3) is 0.391. The summed E-state index contributed by atoms with van der Waals surface area (Å²) < 4.78 is 55.2. The lowest BCUT2D eigenvalue weighted by Gasteiger charge is -2.25. The van der Waals surface area contributed by atoms with Gasteiger partial charge in [-0.25, -0.2) is 13.4 Å². The number of alkyl halides is 2. The van der Waals surface area contributed by atoms with E-state index in [1.54, 1.807) is 31.2 Å². The minimum atomic E-state index is -3.57.